The third kappa shape index (κ3) is 5.25. The highest BCUT2D eigenvalue weighted by Gasteiger charge is 2.06. The Kier molecular flexibility index (Phi) is 6.40. The third-order valence-corrected chi connectivity index (χ3v) is 4.54. The van der Waals surface area contributed by atoms with E-state index in [9.17, 15) is 0 Å². The summed E-state index contributed by atoms with van der Waals surface area (Å²) in [5.74, 6) is 2.10. The van der Waals surface area contributed by atoms with E-state index in [1.165, 1.54) is 10.6 Å². The predicted octanol–water partition coefficient (Wildman–Crippen LogP) is 3.14. The number of guanidine groups is 1. The van der Waals surface area contributed by atoms with Gasteiger partial charge < -0.3 is 15.4 Å². The van der Waals surface area contributed by atoms with E-state index in [1.54, 1.807) is 25.5 Å². The van der Waals surface area contributed by atoms with E-state index in [2.05, 4.69) is 39.8 Å². The molecule has 0 bridgehead atoms. The summed E-state index contributed by atoms with van der Waals surface area (Å²) < 4.78 is 5.16. The summed E-state index contributed by atoms with van der Waals surface area (Å²) in [6.07, 6.45) is 0. The van der Waals surface area contributed by atoms with Crippen LogP contribution < -0.4 is 15.4 Å². The second-order valence-electron chi connectivity index (χ2n) is 5.46. The topological polar surface area (TPSA) is 58.5 Å². The Morgan fingerprint density at radius 1 is 1.22 bits per heavy atom. The number of thiazole rings is 1. The van der Waals surface area contributed by atoms with Crippen molar-refractivity contribution < 1.29 is 4.74 Å². The molecule has 0 unspecified atom stereocenters. The van der Waals surface area contributed by atoms with Gasteiger partial charge in [0.05, 0.1) is 24.4 Å². The molecule has 1 aromatic carbocycles. The quantitative estimate of drug-likeness (QED) is 0.630. The van der Waals surface area contributed by atoms with Crippen molar-refractivity contribution in [2.45, 2.75) is 32.9 Å². The van der Waals surface area contributed by atoms with Crippen LogP contribution in [0.3, 0.4) is 0 Å². The number of aliphatic imine (C=N–C) groups is 1. The first-order chi connectivity index (χ1) is 11.1. The highest BCUT2D eigenvalue weighted by Crippen LogP contribution is 2.18. The molecule has 6 heteroatoms. The van der Waals surface area contributed by atoms with Gasteiger partial charge in [-0.15, -0.1) is 11.3 Å². The Balaban J connectivity index is 1.82. The largest absolute Gasteiger partial charge is 0.497 e. The number of nitrogens with zero attached hydrogens (tertiary/aromatic N) is 2. The average Bonchev–Trinajstić information content (AvgIpc) is 3.05. The molecule has 23 heavy (non-hydrogen) atoms. The SMILES string of the molecule is CN=C(NCc1ccc(OC)cc1)NCc1csc(C(C)C)n1. The van der Waals surface area contributed by atoms with E-state index >= 15 is 0 Å². The van der Waals surface area contributed by atoms with Gasteiger partial charge in [-0.3, -0.25) is 4.99 Å². The van der Waals surface area contributed by atoms with E-state index in [4.69, 9.17) is 4.74 Å². The lowest BCUT2D eigenvalue weighted by molar-refractivity contribution is 0.414. The molecule has 0 aliphatic carbocycles. The number of hydrogen-bond donors (Lipinski definition) is 2. The van der Waals surface area contributed by atoms with Gasteiger partial charge in [0, 0.05) is 24.9 Å². The minimum absolute atomic E-state index is 0.473. The summed E-state index contributed by atoms with van der Waals surface area (Å²) in [6.45, 7) is 5.69. The van der Waals surface area contributed by atoms with Crippen LogP contribution in [-0.2, 0) is 13.1 Å². The molecule has 0 radical (unpaired) electrons. The summed E-state index contributed by atoms with van der Waals surface area (Å²) in [4.78, 5) is 8.85. The molecule has 2 rings (SSSR count). The summed E-state index contributed by atoms with van der Waals surface area (Å²) in [5.41, 5.74) is 2.22. The van der Waals surface area contributed by atoms with Crippen molar-refractivity contribution in [3.05, 3.63) is 45.9 Å². The standard InChI is InChI=1S/C17H24N4OS/c1-12(2)16-21-14(11-23-16)10-20-17(18-3)19-9-13-5-7-15(22-4)8-6-13/h5-8,11-12H,9-10H2,1-4H3,(H2,18,19,20). The lowest BCUT2D eigenvalue weighted by atomic mass is 10.2. The van der Waals surface area contributed by atoms with Gasteiger partial charge in [-0.2, -0.15) is 0 Å². The Morgan fingerprint density at radius 2 is 1.91 bits per heavy atom. The number of benzene rings is 1. The van der Waals surface area contributed by atoms with Gasteiger partial charge in [0.2, 0.25) is 0 Å². The van der Waals surface area contributed by atoms with Crippen LogP contribution in [0.2, 0.25) is 0 Å². The average molecular weight is 332 g/mol. The molecule has 5 nitrogen and oxygen atoms in total. The van der Waals surface area contributed by atoms with E-state index in [1.807, 2.05) is 24.3 Å². The minimum Gasteiger partial charge on any atom is -0.497 e. The molecule has 1 heterocycles. The van der Waals surface area contributed by atoms with Gasteiger partial charge in [0.25, 0.3) is 0 Å². The highest BCUT2D eigenvalue weighted by atomic mass is 32.1. The first-order valence-electron chi connectivity index (χ1n) is 7.64. The Labute approximate surface area is 141 Å². The van der Waals surface area contributed by atoms with Crippen LogP contribution in [0.4, 0.5) is 0 Å². The van der Waals surface area contributed by atoms with Crippen LogP contribution in [0.1, 0.15) is 36.0 Å². The molecule has 0 saturated heterocycles. The monoisotopic (exact) mass is 332 g/mol. The van der Waals surface area contributed by atoms with Gasteiger partial charge in [0.1, 0.15) is 5.75 Å². The lowest BCUT2D eigenvalue weighted by Crippen LogP contribution is -2.36. The van der Waals surface area contributed by atoms with Crippen molar-refractivity contribution in [2.24, 2.45) is 4.99 Å². The summed E-state index contributed by atoms with van der Waals surface area (Å²) in [6, 6.07) is 7.98. The Hall–Kier alpha value is -2.08. The third-order valence-electron chi connectivity index (χ3n) is 3.34. The summed E-state index contributed by atoms with van der Waals surface area (Å²) in [7, 11) is 3.44. The molecule has 1 aromatic heterocycles. The molecule has 124 valence electrons. The molecule has 0 aliphatic heterocycles. The molecule has 0 atom stereocenters. The summed E-state index contributed by atoms with van der Waals surface area (Å²) in [5, 5.41) is 9.85. The van der Waals surface area contributed by atoms with Gasteiger partial charge in [-0.25, -0.2) is 4.98 Å². The van der Waals surface area contributed by atoms with Crippen LogP contribution in [0, 0.1) is 0 Å². The smallest absolute Gasteiger partial charge is 0.191 e. The molecular formula is C17H24N4OS. The maximum atomic E-state index is 5.16. The van der Waals surface area contributed by atoms with E-state index in [0.717, 1.165) is 17.4 Å². The van der Waals surface area contributed by atoms with Crippen molar-refractivity contribution in [3.8, 4) is 5.75 Å². The summed E-state index contributed by atoms with van der Waals surface area (Å²) >= 11 is 1.71. The first kappa shape index (κ1) is 17.3. The molecule has 0 amide bonds. The van der Waals surface area contributed by atoms with E-state index in [-0.39, 0.29) is 0 Å². The fraction of sp³-hybridized carbons (Fsp3) is 0.412. The number of methoxy groups -OCH3 is 1. The fourth-order valence-electron chi connectivity index (χ4n) is 1.99. The normalized spacial score (nSPS) is 11.6. The fourth-order valence-corrected chi connectivity index (χ4v) is 2.83. The molecule has 0 fully saturated rings. The van der Waals surface area contributed by atoms with Crippen LogP contribution in [-0.4, -0.2) is 25.1 Å². The van der Waals surface area contributed by atoms with Crippen LogP contribution >= 0.6 is 11.3 Å². The molecule has 0 spiro atoms. The van der Waals surface area contributed by atoms with Crippen molar-refractivity contribution in [1.82, 2.24) is 15.6 Å². The van der Waals surface area contributed by atoms with E-state index < -0.39 is 0 Å². The first-order valence-corrected chi connectivity index (χ1v) is 8.52. The number of ether oxygens (including phenoxy) is 1. The number of rotatable bonds is 6. The second-order valence-corrected chi connectivity index (χ2v) is 6.35. The van der Waals surface area contributed by atoms with Gasteiger partial charge in [0.15, 0.2) is 5.96 Å². The van der Waals surface area contributed by atoms with Crippen molar-refractivity contribution in [2.75, 3.05) is 14.2 Å². The van der Waals surface area contributed by atoms with Crippen LogP contribution in [0.5, 0.6) is 5.75 Å². The maximum absolute atomic E-state index is 5.16. The zero-order chi connectivity index (χ0) is 16.7. The number of hydrogen-bond acceptors (Lipinski definition) is 4. The zero-order valence-corrected chi connectivity index (χ0v) is 14.9. The molecule has 2 N–H and O–H groups in total. The Bertz CT molecular complexity index is 634. The van der Waals surface area contributed by atoms with E-state index in [0.29, 0.717) is 19.0 Å². The molecule has 2 aromatic rings. The van der Waals surface area contributed by atoms with Crippen LogP contribution in [0.25, 0.3) is 0 Å². The number of aromatic nitrogens is 1. The van der Waals surface area contributed by atoms with Crippen molar-refractivity contribution in [1.29, 1.82) is 0 Å². The van der Waals surface area contributed by atoms with Gasteiger partial charge in [-0.05, 0) is 17.7 Å². The molecule has 0 saturated carbocycles. The highest BCUT2D eigenvalue weighted by molar-refractivity contribution is 7.09. The Morgan fingerprint density at radius 3 is 2.48 bits per heavy atom. The molecule has 0 aliphatic rings. The van der Waals surface area contributed by atoms with Crippen molar-refractivity contribution >= 4 is 17.3 Å². The number of nitrogens with one attached hydrogen (secondary N) is 2. The van der Waals surface area contributed by atoms with Gasteiger partial charge in [-0.1, -0.05) is 26.0 Å². The zero-order valence-electron chi connectivity index (χ0n) is 14.1. The molecular weight excluding hydrogens is 308 g/mol. The van der Waals surface area contributed by atoms with Gasteiger partial charge >= 0.3 is 0 Å². The lowest BCUT2D eigenvalue weighted by Gasteiger charge is -2.11. The second kappa shape index (κ2) is 8.53. The minimum atomic E-state index is 0.473. The maximum Gasteiger partial charge on any atom is 0.191 e. The van der Waals surface area contributed by atoms with Crippen LogP contribution in [0.15, 0.2) is 34.6 Å². The van der Waals surface area contributed by atoms with Crippen molar-refractivity contribution in [3.63, 3.8) is 0 Å². The predicted molar refractivity (Wildman–Crippen MR) is 96.2 cm³/mol.